The van der Waals surface area contributed by atoms with E-state index < -0.39 is 16.1 Å². The molecule has 3 aromatic carbocycles. The van der Waals surface area contributed by atoms with Gasteiger partial charge in [0.25, 0.3) is 0 Å². The van der Waals surface area contributed by atoms with Gasteiger partial charge < -0.3 is 5.84 Å². The number of nitrogens with one attached hydrogen (secondary N) is 1. The number of rotatable bonds is 5. The molecule has 152 valence electrons. The SMILES string of the molecule is Cc1ccc(S(=O)(=O)N[C@H]2c3cccc4cccc(c34)[C@H]2Sc2nncn2N)cc1. The molecule has 30 heavy (non-hydrogen) atoms. The number of hydrogen-bond acceptors (Lipinski definition) is 6. The summed E-state index contributed by atoms with van der Waals surface area (Å²) in [5.41, 5.74) is 3.00. The van der Waals surface area contributed by atoms with Gasteiger partial charge in [0.15, 0.2) is 0 Å². The number of hydrogen-bond donors (Lipinski definition) is 2. The number of nitrogen functional groups attached to an aromatic ring is 1. The van der Waals surface area contributed by atoms with E-state index in [9.17, 15) is 8.42 Å². The van der Waals surface area contributed by atoms with Gasteiger partial charge in [0, 0.05) is 0 Å². The Labute approximate surface area is 178 Å². The molecule has 0 fully saturated rings. The summed E-state index contributed by atoms with van der Waals surface area (Å²) in [6.45, 7) is 1.92. The van der Waals surface area contributed by atoms with Crippen LogP contribution in [0.5, 0.6) is 0 Å². The van der Waals surface area contributed by atoms with Crippen molar-refractivity contribution in [3.63, 3.8) is 0 Å². The Morgan fingerprint density at radius 1 is 1.03 bits per heavy atom. The van der Waals surface area contributed by atoms with E-state index in [2.05, 4.69) is 14.9 Å². The van der Waals surface area contributed by atoms with E-state index >= 15 is 0 Å². The van der Waals surface area contributed by atoms with E-state index in [1.54, 1.807) is 24.3 Å². The maximum atomic E-state index is 13.2. The van der Waals surface area contributed by atoms with Crippen LogP contribution in [0.3, 0.4) is 0 Å². The number of thioether (sulfide) groups is 1. The summed E-state index contributed by atoms with van der Waals surface area (Å²) in [7, 11) is -3.73. The summed E-state index contributed by atoms with van der Waals surface area (Å²) in [5.74, 6) is 5.93. The first-order valence-electron chi connectivity index (χ1n) is 9.36. The van der Waals surface area contributed by atoms with Gasteiger partial charge in [0.05, 0.1) is 16.2 Å². The minimum atomic E-state index is -3.73. The van der Waals surface area contributed by atoms with E-state index in [1.165, 1.54) is 22.8 Å². The molecule has 0 spiro atoms. The minimum absolute atomic E-state index is 0.238. The van der Waals surface area contributed by atoms with Crippen molar-refractivity contribution in [1.82, 2.24) is 19.6 Å². The lowest BCUT2D eigenvalue weighted by Gasteiger charge is -2.22. The summed E-state index contributed by atoms with van der Waals surface area (Å²) in [4.78, 5) is 0.238. The third-order valence-electron chi connectivity index (χ3n) is 5.30. The van der Waals surface area contributed by atoms with Crippen LogP contribution in [0.4, 0.5) is 0 Å². The molecule has 1 heterocycles. The Morgan fingerprint density at radius 3 is 2.40 bits per heavy atom. The largest absolute Gasteiger partial charge is 0.336 e. The van der Waals surface area contributed by atoms with Crippen molar-refractivity contribution in [3.05, 3.63) is 83.7 Å². The number of aryl methyl sites for hydroxylation is 1. The van der Waals surface area contributed by atoms with E-state index in [0.717, 1.165) is 27.5 Å². The van der Waals surface area contributed by atoms with Crippen LogP contribution in [-0.4, -0.2) is 23.3 Å². The molecule has 3 N–H and O–H groups in total. The Morgan fingerprint density at radius 2 is 1.73 bits per heavy atom. The minimum Gasteiger partial charge on any atom is -0.336 e. The molecule has 1 aliphatic carbocycles. The molecule has 2 atom stereocenters. The molecule has 7 nitrogen and oxygen atoms in total. The Balaban J connectivity index is 1.60. The highest BCUT2D eigenvalue weighted by Crippen LogP contribution is 2.52. The van der Waals surface area contributed by atoms with Crippen LogP contribution in [0.15, 0.2) is 77.0 Å². The fourth-order valence-corrected chi connectivity index (χ4v) is 6.36. The maximum absolute atomic E-state index is 13.2. The lowest BCUT2D eigenvalue weighted by atomic mass is 10.1. The maximum Gasteiger partial charge on any atom is 0.241 e. The number of nitrogens with zero attached hydrogens (tertiary/aromatic N) is 3. The van der Waals surface area contributed by atoms with Crippen LogP contribution in [-0.2, 0) is 10.0 Å². The van der Waals surface area contributed by atoms with Crippen molar-refractivity contribution >= 4 is 32.6 Å². The van der Waals surface area contributed by atoms with Crippen molar-refractivity contribution in [3.8, 4) is 0 Å². The quantitative estimate of drug-likeness (QED) is 0.464. The van der Waals surface area contributed by atoms with Crippen LogP contribution in [0.2, 0.25) is 0 Å². The van der Waals surface area contributed by atoms with Crippen molar-refractivity contribution in [1.29, 1.82) is 0 Å². The zero-order valence-corrected chi connectivity index (χ0v) is 17.7. The van der Waals surface area contributed by atoms with Gasteiger partial charge in [-0.1, -0.05) is 65.9 Å². The average molecular weight is 438 g/mol. The molecular formula is C21H19N5O2S2. The Kier molecular flexibility index (Phi) is 4.53. The Bertz CT molecular complexity index is 1340. The molecule has 0 saturated heterocycles. The highest BCUT2D eigenvalue weighted by atomic mass is 32.2. The van der Waals surface area contributed by atoms with Crippen LogP contribution in [0.25, 0.3) is 10.8 Å². The van der Waals surface area contributed by atoms with Gasteiger partial charge in [0.1, 0.15) is 6.33 Å². The first kappa shape index (κ1) is 19.1. The van der Waals surface area contributed by atoms with Crippen molar-refractivity contribution in [2.75, 3.05) is 5.84 Å². The number of sulfonamides is 1. The second-order valence-corrected chi connectivity index (χ2v) is 10.1. The fraction of sp³-hybridized carbons (Fsp3) is 0.143. The van der Waals surface area contributed by atoms with Gasteiger partial charge in [-0.05, 0) is 41.0 Å². The first-order valence-corrected chi connectivity index (χ1v) is 11.7. The summed E-state index contributed by atoms with van der Waals surface area (Å²) >= 11 is 1.40. The first-order chi connectivity index (χ1) is 14.4. The van der Waals surface area contributed by atoms with E-state index in [4.69, 9.17) is 5.84 Å². The topological polar surface area (TPSA) is 103 Å². The highest BCUT2D eigenvalue weighted by molar-refractivity contribution is 7.99. The third-order valence-corrected chi connectivity index (χ3v) is 8.04. The normalized spacial score (nSPS) is 18.2. The van der Waals surface area contributed by atoms with Gasteiger partial charge >= 0.3 is 0 Å². The lowest BCUT2D eigenvalue weighted by molar-refractivity contribution is 0.557. The predicted molar refractivity (Wildman–Crippen MR) is 117 cm³/mol. The molecule has 5 rings (SSSR count). The van der Waals surface area contributed by atoms with E-state index in [0.29, 0.717) is 5.16 Å². The standard InChI is InChI=1S/C21H19N5O2S2/c1-13-8-10-15(11-9-13)30(27,28)25-19-16-6-2-4-14-5-3-7-17(18(14)16)20(19)29-21-24-23-12-26(21)22/h2-12,19-20,25H,22H2,1H3/t19-,20+/m0/s1. The zero-order chi connectivity index (χ0) is 20.9. The Hall–Kier alpha value is -2.88. The van der Waals surface area contributed by atoms with Crippen LogP contribution >= 0.6 is 11.8 Å². The average Bonchev–Trinajstić information content (AvgIpc) is 3.26. The summed E-state index contributed by atoms with van der Waals surface area (Å²) in [6.07, 6.45) is 1.43. The smallest absolute Gasteiger partial charge is 0.241 e. The fourth-order valence-electron chi connectivity index (χ4n) is 3.88. The second-order valence-electron chi connectivity index (χ2n) is 7.26. The second kappa shape index (κ2) is 7.12. The number of benzene rings is 3. The molecule has 9 heteroatoms. The van der Waals surface area contributed by atoms with Gasteiger partial charge in [-0.2, -0.15) is 0 Å². The van der Waals surface area contributed by atoms with Crippen molar-refractivity contribution in [2.24, 2.45) is 0 Å². The highest BCUT2D eigenvalue weighted by Gasteiger charge is 2.38. The van der Waals surface area contributed by atoms with E-state index in [1.807, 2.05) is 43.3 Å². The van der Waals surface area contributed by atoms with Crippen LogP contribution < -0.4 is 10.6 Å². The monoisotopic (exact) mass is 437 g/mol. The molecule has 4 aromatic rings. The molecule has 1 aromatic heterocycles. The molecule has 0 radical (unpaired) electrons. The van der Waals surface area contributed by atoms with Gasteiger partial charge in [0.2, 0.25) is 15.2 Å². The molecule has 0 amide bonds. The van der Waals surface area contributed by atoms with E-state index in [-0.39, 0.29) is 10.1 Å². The van der Waals surface area contributed by atoms with Crippen LogP contribution in [0.1, 0.15) is 28.0 Å². The summed E-state index contributed by atoms with van der Waals surface area (Å²) < 4.78 is 30.7. The molecular weight excluding hydrogens is 418 g/mol. The summed E-state index contributed by atoms with van der Waals surface area (Å²) in [6, 6.07) is 18.4. The molecule has 0 unspecified atom stereocenters. The van der Waals surface area contributed by atoms with Crippen molar-refractivity contribution in [2.45, 2.75) is 28.3 Å². The van der Waals surface area contributed by atoms with Gasteiger partial charge in [-0.15, -0.1) is 10.2 Å². The van der Waals surface area contributed by atoms with Crippen LogP contribution in [0, 0.1) is 6.92 Å². The predicted octanol–water partition coefficient (Wildman–Crippen LogP) is 3.32. The molecule has 0 bridgehead atoms. The number of aromatic nitrogens is 3. The molecule has 0 saturated carbocycles. The number of nitrogens with two attached hydrogens (primary N) is 1. The molecule has 1 aliphatic rings. The van der Waals surface area contributed by atoms with Gasteiger partial charge in [-0.3, -0.25) is 0 Å². The summed E-state index contributed by atoms with van der Waals surface area (Å²) in [5, 5.41) is 10.3. The van der Waals surface area contributed by atoms with Crippen molar-refractivity contribution < 1.29 is 8.42 Å². The van der Waals surface area contributed by atoms with Gasteiger partial charge in [-0.25, -0.2) is 17.8 Å². The third kappa shape index (κ3) is 3.15. The molecule has 0 aliphatic heterocycles. The zero-order valence-electron chi connectivity index (χ0n) is 16.1. The lowest BCUT2D eigenvalue weighted by Crippen LogP contribution is -2.30.